The molecule has 0 radical (unpaired) electrons. The van der Waals surface area contributed by atoms with E-state index >= 15 is 0 Å². The van der Waals surface area contributed by atoms with Gasteiger partial charge in [0.15, 0.2) is 5.58 Å². The first kappa shape index (κ1) is 34.2. The van der Waals surface area contributed by atoms with Crippen molar-refractivity contribution >= 4 is 77.5 Å². The zero-order valence-electron chi connectivity index (χ0n) is 33.0. The van der Waals surface area contributed by atoms with Crippen LogP contribution in [0.15, 0.2) is 223 Å². The van der Waals surface area contributed by atoms with Crippen molar-refractivity contribution in [1.82, 2.24) is 0 Å². The minimum Gasteiger partial charge on any atom is -0.454 e. The minimum atomic E-state index is -0.488. The molecule has 0 N–H and O–H groups in total. The van der Waals surface area contributed by atoms with E-state index in [1.54, 1.807) is 0 Å². The maximum atomic E-state index is 6.68. The Morgan fingerprint density at radius 1 is 0.377 bits per heavy atom. The van der Waals surface area contributed by atoms with Gasteiger partial charge in [-0.25, -0.2) is 0 Å². The molecule has 11 aromatic rings. The maximum absolute atomic E-state index is 6.68. The Morgan fingerprint density at radius 3 is 1.66 bits per heavy atom. The molecule has 2 aromatic heterocycles. The van der Waals surface area contributed by atoms with E-state index in [9.17, 15) is 0 Å². The first-order chi connectivity index (χ1) is 30.3. The Labute approximate surface area is 357 Å². The van der Waals surface area contributed by atoms with E-state index in [2.05, 4.69) is 222 Å². The van der Waals surface area contributed by atoms with Gasteiger partial charge < -0.3 is 14.2 Å². The van der Waals surface area contributed by atoms with Gasteiger partial charge in [-0.3, -0.25) is 0 Å². The van der Waals surface area contributed by atoms with E-state index in [4.69, 9.17) is 4.42 Å². The number of furan rings is 1. The van der Waals surface area contributed by atoms with Gasteiger partial charge in [-0.1, -0.05) is 140 Å². The topological polar surface area (TPSA) is 19.6 Å². The summed E-state index contributed by atoms with van der Waals surface area (Å²) in [6.45, 7) is 0. The van der Waals surface area contributed by atoms with Crippen molar-refractivity contribution in [3.63, 3.8) is 0 Å². The largest absolute Gasteiger partial charge is 0.454 e. The molecule has 61 heavy (non-hydrogen) atoms. The fourth-order valence-electron chi connectivity index (χ4n) is 10.4. The summed E-state index contributed by atoms with van der Waals surface area (Å²) in [4.78, 5) is 6.13. The Morgan fingerprint density at radius 2 is 0.918 bits per heavy atom. The third-order valence-electron chi connectivity index (χ3n) is 12.8. The molecule has 0 amide bonds. The van der Waals surface area contributed by atoms with Crippen molar-refractivity contribution in [3.05, 3.63) is 240 Å². The van der Waals surface area contributed by atoms with Crippen molar-refractivity contribution in [2.24, 2.45) is 0 Å². The lowest BCUT2D eigenvalue weighted by molar-refractivity contribution is 0.669. The number of nitrogens with zero attached hydrogens (tertiary/aromatic N) is 2. The van der Waals surface area contributed by atoms with Gasteiger partial charge in [0.25, 0.3) is 0 Å². The highest BCUT2D eigenvalue weighted by molar-refractivity contribution is 7.20. The normalized spacial score (nSPS) is 14.6. The summed E-state index contributed by atoms with van der Waals surface area (Å²) in [5.41, 5.74) is 16.9. The van der Waals surface area contributed by atoms with Crippen LogP contribution in [0.2, 0.25) is 0 Å². The standard InChI is InChI=1S/C57H36N2OS/c1-4-17-37(18-5-1)58(38-19-6-2-7-20-38)40-31-34-50-47(36-40)54-45-25-12-15-30-53(45)61-56(54)57(50)48-27-13-10-23-42(48)46-35-41(32-33-49(46)57)59(39-21-8-3-9-22-39)51-28-16-26-44-43-24-11-14-29-52(43)60-55(44)51/h1-36H. The highest BCUT2D eigenvalue weighted by atomic mass is 32.1. The van der Waals surface area contributed by atoms with Crippen LogP contribution in [-0.4, -0.2) is 0 Å². The van der Waals surface area contributed by atoms with Crippen molar-refractivity contribution in [3.8, 4) is 22.3 Å². The lowest BCUT2D eigenvalue weighted by Crippen LogP contribution is -2.25. The quantitative estimate of drug-likeness (QED) is 0.167. The van der Waals surface area contributed by atoms with Crippen LogP contribution >= 0.6 is 11.3 Å². The second-order valence-electron chi connectivity index (χ2n) is 16.0. The molecule has 13 rings (SSSR count). The Balaban J connectivity index is 1.06. The molecule has 4 heteroatoms. The molecular formula is C57H36N2OS. The van der Waals surface area contributed by atoms with Crippen LogP contribution in [0, 0.1) is 0 Å². The molecule has 1 unspecified atom stereocenters. The number of benzene rings is 9. The molecular weight excluding hydrogens is 761 g/mol. The predicted octanol–water partition coefficient (Wildman–Crippen LogP) is 16.1. The van der Waals surface area contributed by atoms with E-state index < -0.39 is 5.41 Å². The molecule has 1 spiro atoms. The van der Waals surface area contributed by atoms with Crippen molar-refractivity contribution in [1.29, 1.82) is 0 Å². The third kappa shape index (κ3) is 4.85. The third-order valence-corrected chi connectivity index (χ3v) is 14.1. The molecule has 0 fully saturated rings. The van der Waals surface area contributed by atoms with E-state index in [-0.39, 0.29) is 0 Å². The number of hydrogen-bond acceptors (Lipinski definition) is 4. The summed E-state index contributed by atoms with van der Waals surface area (Å²) < 4.78 is 7.99. The van der Waals surface area contributed by atoms with Crippen LogP contribution in [-0.2, 0) is 5.41 Å². The van der Waals surface area contributed by atoms with Crippen LogP contribution in [0.5, 0.6) is 0 Å². The zero-order valence-corrected chi connectivity index (χ0v) is 33.8. The molecule has 1 atom stereocenters. The Bertz CT molecular complexity index is 3460. The maximum Gasteiger partial charge on any atom is 0.159 e. The van der Waals surface area contributed by atoms with Crippen LogP contribution in [0.3, 0.4) is 0 Å². The molecule has 2 aliphatic rings. The number of hydrogen-bond donors (Lipinski definition) is 0. The number of fused-ring (bicyclic) bond motifs is 15. The monoisotopic (exact) mass is 796 g/mol. The molecule has 0 aliphatic heterocycles. The SMILES string of the molecule is c1ccc(N(c2ccccc2)c2ccc3c(c2)-c2c(sc4ccccc24)C32c3ccccc3-c3cc(N(c4ccccc4)c4cccc5c4oc4ccccc45)ccc32)cc1. The molecule has 2 aliphatic carbocycles. The average Bonchev–Trinajstić information content (AvgIpc) is 4.06. The first-order valence-electron chi connectivity index (χ1n) is 20.8. The zero-order chi connectivity index (χ0) is 40.1. The van der Waals surface area contributed by atoms with Gasteiger partial charge in [-0.15, -0.1) is 11.3 Å². The lowest BCUT2D eigenvalue weighted by Gasteiger charge is -2.31. The van der Waals surface area contributed by atoms with Gasteiger partial charge in [-0.05, 0) is 112 Å². The fraction of sp³-hybridized carbons (Fsp3) is 0.0175. The van der Waals surface area contributed by atoms with Crippen molar-refractivity contribution < 1.29 is 4.42 Å². The number of para-hydroxylation sites is 5. The number of rotatable bonds is 6. The average molecular weight is 797 g/mol. The highest BCUT2D eigenvalue weighted by Gasteiger charge is 2.53. The molecule has 3 nitrogen and oxygen atoms in total. The van der Waals surface area contributed by atoms with Gasteiger partial charge in [0.1, 0.15) is 5.58 Å². The Kier molecular flexibility index (Phi) is 7.39. The van der Waals surface area contributed by atoms with Crippen molar-refractivity contribution in [2.45, 2.75) is 5.41 Å². The molecule has 2 heterocycles. The second kappa shape index (κ2) is 13.2. The van der Waals surface area contributed by atoms with Crippen LogP contribution < -0.4 is 9.80 Å². The molecule has 0 saturated heterocycles. The summed E-state index contributed by atoms with van der Waals surface area (Å²) in [6, 6.07) is 79.4. The summed E-state index contributed by atoms with van der Waals surface area (Å²) in [7, 11) is 0. The summed E-state index contributed by atoms with van der Waals surface area (Å²) >= 11 is 1.94. The first-order valence-corrected chi connectivity index (χ1v) is 21.7. The predicted molar refractivity (Wildman–Crippen MR) is 255 cm³/mol. The molecule has 0 bridgehead atoms. The van der Waals surface area contributed by atoms with Crippen LogP contribution in [0.4, 0.5) is 34.1 Å². The van der Waals surface area contributed by atoms with E-state index in [1.165, 1.54) is 53.9 Å². The van der Waals surface area contributed by atoms with E-state index in [1.807, 2.05) is 17.4 Å². The van der Waals surface area contributed by atoms with Crippen molar-refractivity contribution in [2.75, 3.05) is 9.80 Å². The minimum absolute atomic E-state index is 0.488. The Hall–Kier alpha value is -7.66. The van der Waals surface area contributed by atoms with Gasteiger partial charge in [-0.2, -0.15) is 0 Å². The van der Waals surface area contributed by atoms with Gasteiger partial charge in [0.05, 0.1) is 11.1 Å². The van der Waals surface area contributed by atoms with E-state index in [0.29, 0.717) is 0 Å². The van der Waals surface area contributed by atoms with Crippen LogP contribution in [0.25, 0.3) is 54.3 Å². The van der Waals surface area contributed by atoms with E-state index in [0.717, 1.165) is 56.1 Å². The lowest BCUT2D eigenvalue weighted by atomic mass is 9.74. The number of anilines is 6. The van der Waals surface area contributed by atoms with Gasteiger partial charge >= 0.3 is 0 Å². The van der Waals surface area contributed by atoms with Crippen LogP contribution in [0.1, 0.15) is 21.6 Å². The smallest absolute Gasteiger partial charge is 0.159 e. The summed E-state index contributed by atoms with van der Waals surface area (Å²) in [5.74, 6) is 0. The van der Waals surface area contributed by atoms with Gasteiger partial charge in [0, 0.05) is 59.7 Å². The van der Waals surface area contributed by atoms with Gasteiger partial charge in [0.2, 0.25) is 0 Å². The second-order valence-corrected chi connectivity index (χ2v) is 17.0. The molecule has 0 saturated carbocycles. The molecule has 286 valence electrons. The fourth-order valence-corrected chi connectivity index (χ4v) is 11.8. The molecule has 9 aromatic carbocycles. The summed E-state index contributed by atoms with van der Waals surface area (Å²) in [5, 5.41) is 3.53. The highest BCUT2D eigenvalue weighted by Crippen LogP contribution is 2.67. The summed E-state index contributed by atoms with van der Waals surface area (Å²) in [6.07, 6.45) is 0. The number of thiophene rings is 1.